The average Bonchev–Trinajstić information content (AvgIpc) is 1.97. The monoisotopic (exact) mass is 190 g/mol. The molecule has 0 fully saturated rings. The summed E-state index contributed by atoms with van der Waals surface area (Å²) in [6, 6.07) is -0.833. The van der Waals surface area contributed by atoms with Crippen molar-refractivity contribution in [3.8, 4) is 0 Å². The number of carbonyl (C=O) groups excluding carboxylic acids is 1. The van der Waals surface area contributed by atoms with E-state index in [0.717, 1.165) is 19.4 Å². The number of urea groups is 1. The summed E-state index contributed by atoms with van der Waals surface area (Å²) in [6.45, 7) is 1.46. The average molecular weight is 190 g/mol. The summed E-state index contributed by atoms with van der Waals surface area (Å²) < 4.78 is 0. The van der Waals surface area contributed by atoms with Crippen molar-refractivity contribution >= 4 is 12.0 Å². The Labute approximate surface area is 77.3 Å². The van der Waals surface area contributed by atoms with Crippen molar-refractivity contribution in [1.82, 2.24) is 5.32 Å². The van der Waals surface area contributed by atoms with E-state index in [9.17, 15) is 0 Å². The summed E-state index contributed by atoms with van der Waals surface area (Å²) in [5.41, 5.74) is 18.7. The van der Waals surface area contributed by atoms with E-state index in [1.165, 1.54) is 0 Å². The van der Waals surface area contributed by atoms with Crippen molar-refractivity contribution < 1.29 is 4.79 Å². The molecule has 0 aliphatic carbocycles. The molecule has 0 rings (SSSR count). The van der Waals surface area contributed by atoms with Gasteiger partial charge in [0.2, 0.25) is 0 Å². The third-order valence-corrected chi connectivity index (χ3v) is 0.946. The van der Waals surface area contributed by atoms with Gasteiger partial charge in [-0.1, -0.05) is 0 Å². The second kappa shape index (κ2) is 10.5. The van der Waals surface area contributed by atoms with Gasteiger partial charge in [0.25, 0.3) is 0 Å². The molecule has 0 aromatic heterocycles. The summed E-state index contributed by atoms with van der Waals surface area (Å²) in [5.74, 6) is 0.0343. The molecule has 2 amide bonds. The predicted molar refractivity (Wildman–Crippen MR) is 52.0 cm³/mol. The quantitative estimate of drug-likeness (QED) is 0.176. The first kappa shape index (κ1) is 14.0. The van der Waals surface area contributed by atoms with Gasteiger partial charge in [0.05, 0.1) is 0 Å². The molecule has 0 unspecified atom stereocenters. The zero-order valence-electron chi connectivity index (χ0n) is 7.55. The van der Waals surface area contributed by atoms with Crippen LogP contribution in [0, 0.1) is 5.41 Å². The van der Waals surface area contributed by atoms with E-state index in [0.29, 0.717) is 6.54 Å². The van der Waals surface area contributed by atoms with Crippen LogP contribution < -0.4 is 28.3 Å². The van der Waals surface area contributed by atoms with E-state index in [1.54, 1.807) is 0 Å². The van der Waals surface area contributed by atoms with Crippen LogP contribution in [0.1, 0.15) is 12.8 Å². The SMILES string of the molecule is N=C(N)NCCCCN.NC(N)=O. The molecular formula is C6H18N6O. The number of amides is 2. The molecule has 13 heavy (non-hydrogen) atoms. The summed E-state index contributed by atoms with van der Waals surface area (Å²) >= 11 is 0. The van der Waals surface area contributed by atoms with Gasteiger partial charge in [-0.3, -0.25) is 5.41 Å². The molecule has 10 N–H and O–H groups in total. The molecule has 0 radical (unpaired) electrons. The molecule has 0 aliphatic heterocycles. The van der Waals surface area contributed by atoms with Crippen LogP contribution in [0.4, 0.5) is 4.79 Å². The Balaban J connectivity index is 0. The molecule has 7 nitrogen and oxygen atoms in total. The number of rotatable bonds is 4. The molecule has 0 aliphatic rings. The molecule has 7 heteroatoms. The van der Waals surface area contributed by atoms with Crippen LogP contribution >= 0.6 is 0 Å². The van der Waals surface area contributed by atoms with Crippen LogP contribution in [0.15, 0.2) is 0 Å². The third kappa shape index (κ3) is 37.5. The first-order valence-corrected chi connectivity index (χ1v) is 3.83. The van der Waals surface area contributed by atoms with Crippen LogP contribution in [-0.4, -0.2) is 25.1 Å². The number of nitrogens with one attached hydrogen (secondary N) is 2. The Hall–Kier alpha value is -1.50. The van der Waals surface area contributed by atoms with Crippen molar-refractivity contribution in [3.05, 3.63) is 0 Å². The highest BCUT2D eigenvalue weighted by molar-refractivity contribution is 5.74. The highest BCUT2D eigenvalue weighted by Crippen LogP contribution is 1.80. The van der Waals surface area contributed by atoms with Gasteiger partial charge < -0.3 is 28.3 Å². The molecule has 0 saturated heterocycles. The van der Waals surface area contributed by atoms with E-state index in [2.05, 4.69) is 16.8 Å². The van der Waals surface area contributed by atoms with Crippen molar-refractivity contribution in [1.29, 1.82) is 5.41 Å². The second-order valence-corrected chi connectivity index (χ2v) is 2.24. The fourth-order valence-corrected chi connectivity index (χ4v) is 0.492. The molecule has 0 aromatic carbocycles. The summed E-state index contributed by atoms with van der Waals surface area (Å²) in [5, 5.41) is 9.45. The molecule has 0 saturated carbocycles. The fraction of sp³-hybridized carbons (Fsp3) is 0.667. The number of primary amides is 2. The molecular weight excluding hydrogens is 172 g/mol. The minimum atomic E-state index is -0.833. The normalized spacial score (nSPS) is 8.08. The third-order valence-electron chi connectivity index (χ3n) is 0.946. The highest BCUT2D eigenvalue weighted by Gasteiger charge is 1.85. The lowest BCUT2D eigenvalue weighted by Crippen LogP contribution is -2.31. The van der Waals surface area contributed by atoms with Crippen LogP contribution in [-0.2, 0) is 0 Å². The maximum atomic E-state index is 9.00. The Bertz CT molecular complexity index is 144. The lowest BCUT2D eigenvalue weighted by atomic mass is 10.3. The van der Waals surface area contributed by atoms with Crippen LogP contribution in [0.25, 0.3) is 0 Å². The van der Waals surface area contributed by atoms with E-state index in [4.69, 9.17) is 21.7 Å². The van der Waals surface area contributed by atoms with E-state index in [1.807, 2.05) is 0 Å². The maximum absolute atomic E-state index is 9.00. The smallest absolute Gasteiger partial charge is 0.309 e. The summed E-state index contributed by atoms with van der Waals surface area (Å²) in [4.78, 5) is 9.00. The predicted octanol–water partition coefficient (Wildman–Crippen LogP) is -1.77. The Morgan fingerprint density at radius 1 is 1.23 bits per heavy atom. The molecule has 78 valence electrons. The van der Waals surface area contributed by atoms with Crippen LogP contribution in [0.3, 0.4) is 0 Å². The minimum Gasteiger partial charge on any atom is -0.370 e. The highest BCUT2D eigenvalue weighted by atomic mass is 16.2. The number of carbonyl (C=O) groups is 1. The largest absolute Gasteiger partial charge is 0.370 e. The van der Waals surface area contributed by atoms with Gasteiger partial charge in [-0.25, -0.2) is 4.79 Å². The molecule has 0 atom stereocenters. The molecule has 0 bridgehead atoms. The van der Waals surface area contributed by atoms with Crippen LogP contribution in [0.2, 0.25) is 0 Å². The Morgan fingerprint density at radius 2 is 1.69 bits per heavy atom. The lowest BCUT2D eigenvalue weighted by Gasteiger charge is -2.00. The van der Waals surface area contributed by atoms with Crippen molar-refractivity contribution in [3.63, 3.8) is 0 Å². The van der Waals surface area contributed by atoms with Gasteiger partial charge in [-0.15, -0.1) is 0 Å². The second-order valence-electron chi connectivity index (χ2n) is 2.24. The van der Waals surface area contributed by atoms with E-state index >= 15 is 0 Å². The van der Waals surface area contributed by atoms with Gasteiger partial charge in [0, 0.05) is 6.54 Å². The molecule has 0 aromatic rings. The first-order valence-electron chi connectivity index (χ1n) is 3.83. The van der Waals surface area contributed by atoms with Crippen molar-refractivity contribution in [2.45, 2.75) is 12.8 Å². The summed E-state index contributed by atoms with van der Waals surface area (Å²) in [6.07, 6.45) is 1.97. The zero-order chi connectivity index (χ0) is 10.7. The first-order chi connectivity index (χ1) is 6.00. The Morgan fingerprint density at radius 3 is 2.00 bits per heavy atom. The number of hydrogen-bond donors (Lipinski definition) is 6. The van der Waals surface area contributed by atoms with Gasteiger partial charge in [-0.2, -0.15) is 0 Å². The zero-order valence-corrected chi connectivity index (χ0v) is 7.55. The van der Waals surface area contributed by atoms with E-state index in [-0.39, 0.29) is 5.96 Å². The molecule has 0 spiro atoms. The summed E-state index contributed by atoms with van der Waals surface area (Å²) in [7, 11) is 0. The molecule has 0 heterocycles. The van der Waals surface area contributed by atoms with Crippen LogP contribution in [0.5, 0.6) is 0 Å². The number of guanidine groups is 1. The lowest BCUT2D eigenvalue weighted by molar-refractivity contribution is 0.256. The fourth-order valence-electron chi connectivity index (χ4n) is 0.492. The number of hydrogen-bond acceptors (Lipinski definition) is 3. The minimum absolute atomic E-state index is 0.0343. The van der Waals surface area contributed by atoms with Gasteiger partial charge in [0.15, 0.2) is 5.96 Å². The maximum Gasteiger partial charge on any atom is 0.309 e. The Kier molecular flexibility index (Phi) is 11.3. The van der Waals surface area contributed by atoms with Gasteiger partial charge in [0.1, 0.15) is 0 Å². The topological polar surface area (TPSA) is 157 Å². The van der Waals surface area contributed by atoms with E-state index < -0.39 is 6.03 Å². The van der Waals surface area contributed by atoms with Gasteiger partial charge in [-0.05, 0) is 19.4 Å². The number of nitrogens with two attached hydrogens (primary N) is 4. The van der Waals surface area contributed by atoms with Gasteiger partial charge >= 0.3 is 6.03 Å². The number of unbranched alkanes of at least 4 members (excludes halogenated alkanes) is 1. The van der Waals surface area contributed by atoms with Crippen molar-refractivity contribution in [2.24, 2.45) is 22.9 Å². The standard InChI is InChI=1S/C5H14N4.CH4N2O/c6-3-1-2-4-9-5(7)8;2-1(3)4/h1-4,6H2,(H4,7,8,9);(H4,2,3,4). The van der Waals surface area contributed by atoms with Crippen molar-refractivity contribution in [2.75, 3.05) is 13.1 Å².